The number of benzene rings is 1. The number of nitrogens with zero attached hydrogens (tertiary/aromatic N) is 4. The summed E-state index contributed by atoms with van der Waals surface area (Å²) in [5.41, 5.74) is 1.62. The van der Waals surface area contributed by atoms with Gasteiger partial charge in [-0.15, -0.1) is 0 Å². The van der Waals surface area contributed by atoms with Gasteiger partial charge in [-0.2, -0.15) is 13.2 Å². The summed E-state index contributed by atoms with van der Waals surface area (Å²) in [4.78, 5) is 26.8. The third kappa shape index (κ3) is 6.90. The van der Waals surface area contributed by atoms with Gasteiger partial charge in [0, 0.05) is 68.8 Å². The highest BCUT2D eigenvalue weighted by Gasteiger charge is 2.35. The molecule has 3 aromatic rings. The van der Waals surface area contributed by atoms with Crippen LogP contribution in [0.3, 0.4) is 0 Å². The summed E-state index contributed by atoms with van der Waals surface area (Å²) in [6.45, 7) is 3.64. The van der Waals surface area contributed by atoms with Crippen molar-refractivity contribution in [2.75, 3.05) is 58.4 Å². The number of methoxy groups -OCH3 is 1. The predicted molar refractivity (Wildman–Crippen MR) is 131 cm³/mol. The average molecular weight is 519 g/mol. The molecule has 0 spiro atoms. The number of carbonyl (C=O) groups is 1. The largest absolute Gasteiger partial charge is 0.451 e. The first-order valence-electron chi connectivity index (χ1n) is 12.0. The lowest BCUT2D eigenvalue weighted by molar-refractivity contribution is -0.145. The van der Waals surface area contributed by atoms with Crippen LogP contribution >= 0.6 is 0 Å². The first-order chi connectivity index (χ1) is 17.9. The van der Waals surface area contributed by atoms with Crippen LogP contribution in [0.5, 0.6) is 0 Å². The summed E-state index contributed by atoms with van der Waals surface area (Å²) in [6, 6.07) is 8.58. The van der Waals surface area contributed by atoms with Crippen LogP contribution in [0.4, 0.5) is 19.0 Å². The van der Waals surface area contributed by atoms with Crippen molar-refractivity contribution in [3.8, 4) is 0 Å². The molecule has 2 aromatic heterocycles. The summed E-state index contributed by atoms with van der Waals surface area (Å²) < 4.78 is 49.3. The minimum absolute atomic E-state index is 0.163. The van der Waals surface area contributed by atoms with Crippen molar-refractivity contribution in [3.63, 3.8) is 0 Å². The van der Waals surface area contributed by atoms with Crippen LogP contribution in [0.25, 0.3) is 10.9 Å². The lowest BCUT2D eigenvalue weighted by Crippen LogP contribution is -2.44. The van der Waals surface area contributed by atoms with Crippen LogP contribution in [0.2, 0.25) is 0 Å². The smallest absolute Gasteiger partial charge is 0.385 e. The quantitative estimate of drug-likeness (QED) is 0.395. The number of hydrogen-bond donors (Lipinski definition) is 2. The second-order valence-electron chi connectivity index (χ2n) is 8.55. The van der Waals surface area contributed by atoms with E-state index in [4.69, 9.17) is 9.47 Å². The number of ether oxygens (including phenoxy) is 2. The minimum atomic E-state index is -4.62. The van der Waals surface area contributed by atoms with Gasteiger partial charge in [0.05, 0.1) is 24.8 Å². The Morgan fingerprint density at radius 3 is 2.62 bits per heavy atom. The fourth-order valence-corrected chi connectivity index (χ4v) is 4.17. The van der Waals surface area contributed by atoms with E-state index in [1.54, 1.807) is 19.2 Å². The highest BCUT2D eigenvalue weighted by atomic mass is 19.4. The molecule has 12 heteroatoms. The van der Waals surface area contributed by atoms with E-state index in [-0.39, 0.29) is 12.5 Å². The Hall–Kier alpha value is -3.35. The van der Waals surface area contributed by atoms with Crippen molar-refractivity contribution in [2.24, 2.45) is 0 Å². The third-order valence-electron chi connectivity index (χ3n) is 6.06. The topological polar surface area (TPSA) is 102 Å². The van der Waals surface area contributed by atoms with E-state index in [1.165, 1.54) is 12.4 Å². The van der Waals surface area contributed by atoms with E-state index in [0.717, 1.165) is 6.42 Å². The Labute approximate surface area is 212 Å². The van der Waals surface area contributed by atoms with Gasteiger partial charge in [0.2, 0.25) is 5.82 Å². The van der Waals surface area contributed by atoms with Crippen LogP contribution in [0, 0.1) is 0 Å². The molecule has 4 rings (SSSR count). The molecule has 1 aliphatic heterocycles. The number of alkyl halides is 3. The number of aromatic nitrogens is 3. The van der Waals surface area contributed by atoms with Gasteiger partial charge in [-0.1, -0.05) is 6.07 Å². The van der Waals surface area contributed by atoms with Crippen molar-refractivity contribution < 1.29 is 27.4 Å². The monoisotopic (exact) mass is 518 g/mol. The Kier molecular flexibility index (Phi) is 8.85. The number of fused-ring (bicyclic) bond motifs is 1. The first-order valence-corrected chi connectivity index (χ1v) is 12.0. The van der Waals surface area contributed by atoms with Crippen molar-refractivity contribution in [1.82, 2.24) is 25.2 Å². The van der Waals surface area contributed by atoms with E-state index < -0.39 is 18.0 Å². The molecule has 9 nitrogen and oxygen atoms in total. The number of anilines is 1. The maximum Gasteiger partial charge on any atom is 0.451 e. The number of hydrogen-bond acceptors (Lipinski definition) is 8. The zero-order chi connectivity index (χ0) is 26.3. The SMILES string of the molecule is COCCCNc1ccc2c(C(=O)NCC(c3cnc(C(F)(F)F)nc3)N3CCOCC3)cccc2n1. The number of amides is 1. The van der Waals surface area contributed by atoms with E-state index >= 15 is 0 Å². The van der Waals surface area contributed by atoms with Gasteiger partial charge in [0.25, 0.3) is 5.91 Å². The Morgan fingerprint density at radius 2 is 1.92 bits per heavy atom. The van der Waals surface area contributed by atoms with Gasteiger partial charge in [-0.25, -0.2) is 15.0 Å². The van der Waals surface area contributed by atoms with Crippen molar-refractivity contribution in [1.29, 1.82) is 0 Å². The molecular formula is C25H29F3N6O3. The lowest BCUT2D eigenvalue weighted by atomic mass is 10.1. The summed E-state index contributed by atoms with van der Waals surface area (Å²) in [7, 11) is 1.65. The number of pyridine rings is 1. The molecule has 37 heavy (non-hydrogen) atoms. The molecule has 1 fully saturated rings. The van der Waals surface area contributed by atoms with Crippen molar-refractivity contribution in [2.45, 2.75) is 18.6 Å². The molecule has 2 N–H and O–H groups in total. The lowest BCUT2D eigenvalue weighted by Gasteiger charge is -2.34. The molecule has 1 aliphatic rings. The average Bonchev–Trinajstić information content (AvgIpc) is 2.91. The summed E-state index contributed by atoms with van der Waals surface area (Å²) in [6.07, 6.45) is -1.44. The van der Waals surface area contributed by atoms with Gasteiger partial charge >= 0.3 is 6.18 Å². The molecular weight excluding hydrogens is 489 g/mol. The second-order valence-corrected chi connectivity index (χ2v) is 8.55. The number of carbonyl (C=O) groups excluding carboxylic acids is 1. The van der Waals surface area contributed by atoms with Crippen LogP contribution in [-0.4, -0.2) is 78.9 Å². The van der Waals surface area contributed by atoms with Crippen LogP contribution in [0.1, 0.15) is 34.2 Å². The number of halogens is 3. The van der Waals surface area contributed by atoms with E-state index in [1.807, 2.05) is 23.1 Å². The molecule has 1 aromatic carbocycles. The number of rotatable bonds is 10. The standard InChI is InChI=1S/C25H29F3N6O3/c1-36-11-3-8-29-22-7-6-18-19(4-2-5-20(18)33-22)23(35)30-16-21(34-9-12-37-13-10-34)17-14-31-24(32-15-17)25(26,27)28/h2,4-7,14-15,21H,3,8-13,16H2,1H3,(H,29,33)(H,30,35). The normalized spacial score (nSPS) is 15.5. The van der Waals surface area contributed by atoms with Gasteiger partial charge in [0.1, 0.15) is 5.82 Å². The maximum absolute atomic E-state index is 13.2. The van der Waals surface area contributed by atoms with Crippen LogP contribution in [-0.2, 0) is 15.7 Å². The molecule has 0 bridgehead atoms. The molecule has 1 amide bonds. The fraction of sp³-hybridized carbons (Fsp3) is 0.440. The molecule has 1 atom stereocenters. The molecule has 0 radical (unpaired) electrons. The molecule has 1 unspecified atom stereocenters. The van der Waals surface area contributed by atoms with Gasteiger partial charge < -0.3 is 20.1 Å². The summed E-state index contributed by atoms with van der Waals surface area (Å²) >= 11 is 0. The van der Waals surface area contributed by atoms with Crippen molar-refractivity contribution >= 4 is 22.6 Å². The highest BCUT2D eigenvalue weighted by molar-refractivity contribution is 6.06. The fourth-order valence-electron chi connectivity index (χ4n) is 4.17. The zero-order valence-electron chi connectivity index (χ0n) is 20.4. The van der Waals surface area contributed by atoms with Crippen LogP contribution < -0.4 is 10.6 Å². The van der Waals surface area contributed by atoms with Crippen LogP contribution in [0.15, 0.2) is 42.7 Å². The highest BCUT2D eigenvalue weighted by Crippen LogP contribution is 2.27. The molecule has 0 aliphatic carbocycles. The Balaban J connectivity index is 1.49. The van der Waals surface area contributed by atoms with E-state index in [2.05, 4.69) is 25.6 Å². The Morgan fingerprint density at radius 1 is 1.16 bits per heavy atom. The number of morpholine rings is 1. The van der Waals surface area contributed by atoms with Gasteiger partial charge in [-0.3, -0.25) is 9.69 Å². The summed E-state index contributed by atoms with van der Waals surface area (Å²) in [5, 5.41) is 6.87. The Bertz CT molecular complexity index is 1190. The van der Waals surface area contributed by atoms with Gasteiger partial charge in [-0.05, 0) is 30.7 Å². The van der Waals surface area contributed by atoms with Gasteiger partial charge in [0.15, 0.2) is 0 Å². The first kappa shape index (κ1) is 26.7. The zero-order valence-corrected chi connectivity index (χ0v) is 20.4. The molecule has 3 heterocycles. The van der Waals surface area contributed by atoms with Crippen molar-refractivity contribution in [3.05, 3.63) is 59.7 Å². The number of nitrogens with one attached hydrogen (secondary N) is 2. The predicted octanol–water partition coefficient (Wildman–Crippen LogP) is 3.30. The molecule has 1 saturated heterocycles. The molecule has 198 valence electrons. The van der Waals surface area contributed by atoms with E-state index in [0.29, 0.717) is 67.3 Å². The second kappa shape index (κ2) is 12.3. The van der Waals surface area contributed by atoms with E-state index in [9.17, 15) is 18.0 Å². The third-order valence-corrected chi connectivity index (χ3v) is 6.06. The summed E-state index contributed by atoms with van der Waals surface area (Å²) in [5.74, 6) is -0.799. The molecule has 0 saturated carbocycles. The minimum Gasteiger partial charge on any atom is -0.385 e. The maximum atomic E-state index is 13.2.